The minimum Gasteiger partial charge on any atom is -0.321 e. The third-order valence-electron chi connectivity index (χ3n) is 3.92. The molecule has 0 fully saturated rings. The number of nitrogens with one attached hydrogen (secondary N) is 1. The van der Waals surface area contributed by atoms with Gasteiger partial charge in [-0.1, -0.05) is 32.0 Å². The highest BCUT2D eigenvalue weighted by molar-refractivity contribution is 7.14. The number of thiazole rings is 1. The van der Waals surface area contributed by atoms with Crippen molar-refractivity contribution in [2.75, 3.05) is 5.32 Å². The fraction of sp³-hybridized carbons (Fsp3) is 0.250. The molecule has 0 atom stereocenters. The summed E-state index contributed by atoms with van der Waals surface area (Å²) in [6.07, 6.45) is 2.41. The van der Waals surface area contributed by atoms with Crippen molar-refractivity contribution < 1.29 is 4.79 Å². The van der Waals surface area contributed by atoms with E-state index in [1.807, 2.05) is 43.3 Å². The lowest BCUT2D eigenvalue weighted by Crippen LogP contribution is -2.11. The number of rotatable bonds is 5. The molecule has 1 N–H and O–H groups in total. The molecule has 0 aliphatic heterocycles. The third-order valence-corrected chi connectivity index (χ3v) is 5.07. The Morgan fingerprint density at radius 3 is 2.76 bits per heavy atom. The molecule has 0 saturated heterocycles. The highest BCUT2D eigenvalue weighted by Gasteiger charge is 2.16. The van der Waals surface area contributed by atoms with Crippen LogP contribution in [0.5, 0.6) is 0 Å². The summed E-state index contributed by atoms with van der Waals surface area (Å²) in [5.74, 6) is 0.315. The average molecular weight is 351 g/mol. The summed E-state index contributed by atoms with van der Waals surface area (Å²) in [5.41, 5.74) is 3.73. The van der Waals surface area contributed by atoms with Crippen molar-refractivity contribution in [1.82, 2.24) is 9.97 Å². The number of amides is 1. The van der Waals surface area contributed by atoms with Gasteiger partial charge in [-0.05, 0) is 42.7 Å². The van der Waals surface area contributed by atoms with Crippen LogP contribution in [0.15, 0.2) is 48.7 Å². The van der Waals surface area contributed by atoms with E-state index in [4.69, 9.17) is 0 Å². The Bertz CT molecular complexity index is 872. The molecule has 0 spiro atoms. The van der Waals surface area contributed by atoms with Gasteiger partial charge in [0.25, 0.3) is 5.91 Å². The summed E-state index contributed by atoms with van der Waals surface area (Å²) in [6, 6.07) is 13.8. The van der Waals surface area contributed by atoms with Gasteiger partial charge >= 0.3 is 0 Å². The first-order valence-corrected chi connectivity index (χ1v) is 9.12. The number of aryl methyl sites for hydroxylation is 1. The van der Waals surface area contributed by atoms with Crippen molar-refractivity contribution in [1.29, 1.82) is 0 Å². The average Bonchev–Trinajstić information content (AvgIpc) is 2.96. The molecule has 3 aromatic rings. The van der Waals surface area contributed by atoms with Crippen LogP contribution in [0.2, 0.25) is 0 Å². The van der Waals surface area contributed by atoms with E-state index in [2.05, 4.69) is 35.2 Å². The molecule has 128 valence electrons. The minimum absolute atomic E-state index is 0.108. The topological polar surface area (TPSA) is 54.9 Å². The molecule has 4 nitrogen and oxygen atoms in total. The van der Waals surface area contributed by atoms with E-state index in [1.54, 1.807) is 6.20 Å². The Balaban J connectivity index is 1.75. The van der Waals surface area contributed by atoms with Gasteiger partial charge in [0.15, 0.2) is 0 Å². The Hall–Kier alpha value is -2.53. The second-order valence-electron chi connectivity index (χ2n) is 6.25. The number of hydrogen-bond acceptors (Lipinski definition) is 4. The molecule has 2 heterocycles. The Labute approximate surface area is 152 Å². The monoisotopic (exact) mass is 351 g/mol. The van der Waals surface area contributed by atoms with E-state index in [9.17, 15) is 4.79 Å². The number of anilines is 1. The Morgan fingerprint density at radius 1 is 1.20 bits per heavy atom. The zero-order chi connectivity index (χ0) is 17.8. The maximum atomic E-state index is 12.6. The van der Waals surface area contributed by atoms with Gasteiger partial charge in [-0.15, -0.1) is 11.3 Å². The fourth-order valence-electron chi connectivity index (χ4n) is 2.56. The van der Waals surface area contributed by atoms with Gasteiger partial charge in [0.2, 0.25) is 0 Å². The zero-order valence-electron chi connectivity index (χ0n) is 14.6. The van der Waals surface area contributed by atoms with Gasteiger partial charge in [-0.2, -0.15) is 0 Å². The second-order valence-corrected chi connectivity index (χ2v) is 7.34. The largest absolute Gasteiger partial charge is 0.321 e. The SMILES string of the molecule is Cc1nc(Cc2ccccn2)sc1C(=O)Nc1cccc(C(C)C)c1. The van der Waals surface area contributed by atoms with Gasteiger partial charge in [0.1, 0.15) is 4.88 Å². The molecule has 0 radical (unpaired) electrons. The van der Waals surface area contributed by atoms with Crippen LogP contribution in [-0.4, -0.2) is 15.9 Å². The van der Waals surface area contributed by atoms with Crippen molar-refractivity contribution in [3.05, 3.63) is 75.5 Å². The van der Waals surface area contributed by atoms with Crippen LogP contribution in [0.3, 0.4) is 0 Å². The zero-order valence-corrected chi connectivity index (χ0v) is 15.4. The van der Waals surface area contributed by atoms with Crippen LogP contribution in [-0.2, 0) is 6.42 Å². The second kappa shape index (κ2) is 7.57. The van der Waals surface area contributed by atoms with Crippen LogP contribution in [0.25, 0.3) is 0 Å². The lowest BCUT2D eigenvalue weighted by Gasteiger charge is -2.09. The van der Waals surface area contributed by atoms with E-state index in [-0.39, 0.29) is 5.91 Å². The molecule has 0 aliphatic rings. The van der Waals surface area contributed by atoms with E-state index >= 15 is 0 Å². The summed E-state index contributed by atoms with van der Waals surface area (Å²) >= 11 is 1.43. The standard InChI is InChI=1S/C20H21N3OS/c1-13(2)15-7-6-9-17(11-15)23-20(24)19-14(3)22-18(25-19)12-16-8-4-5-10-21-16/h4-11,13H,12H2,1-3H3,(H,23,24). The molecule has 1 aromatic carbocycles. The van der Waals surface area contributed by atoms with E-state index in [1.165, 1.54) is 16.9 Å². The molecule has 1 amide bonds. The highest BCUT2D eigenvalue weighted by atomic mass is 32.1. The van der Waals surface area contributed by atoms with Crippen molar-refractivity contribution in [3.63, 3.8) is 0 Å². The van der Waals surface area contributed by atoms with E-state index < -0.39 is 0 Å². The van der Waals surface area contributed by atoms with Gasteiger partial charge in [-0.25, -0.2) is 4.98 Å². The number of benzene rings is 1. The first-order valence-electron chi connectivity index (χ1n) is 8.30. The summed E-state index contributed by atoms with van der Waals surface area (Å²) in [4.78, 5) is 22.1. The molecule has 0 aliphatic carbocycles. The number of pyridine rings is 1. The number of aromatic nitrogens is 2. The Kier molecular flexibility index (Phi) is 5.24. The van der Waals surface area contributed by atoms with Gasteiger partial charge in [0, 0.05) is 24.0 Å². The maximum Gasteiger partial charge on any atom is 0.267 e. The summed E-state index contributed by atoms with van der Waals surface area (Å²) < 4.78 is 0. The van der Waals surface area contributed by atoms with Gasteiger partial charge in [0.05, 0.1) is 10.7 Å². The molecule has 0 saturated carbocycles. The molecule has 3 rings (SSSR count). The summed E-state index contributed by atoms with van der Waals surface area (Å²) in [6.45, 7) is 6.15. The van der Waals surface area contributed by atoms with E-state index in [0.29, 0.717) is 17.2 Å². The maximum absolute atomic E-state index is 12.6. The molecule has 5 heteroatoms. The molecule has 25 heavy (non-hydrogen) atoms. The predicted molar refractivity (Wildman–Crippen MR) is 102 cm³/mol. The number of hydrogen-bond donors (Lipinski definition) is 1. The van der Waals surface area contributed by atoms with Crippen LogP contribution in [0.4, 0.5) is 5.69 Å². The van der Waals surface area contributed by atoms with Crippen molar-refractivity contribution in [2.24, 2.45) is 0 Å². The van der Waals surface area contributed by atoms with Crippen LogP contribution in [0, 0.1) is 6.92 Å². The third kappa shape index (κ3) is 4.31. The lowest BCUT2D eigenvalue weighted by atomic mass is 10.0. The molecule has 0 bridgehead atoms. The lowest BCUT2D eigenvalue weighted by molar-refractivity contribution is 0.103. The van der Waals surface area contributed by atoms with Crippen LogP contribution < -0.4 is 5.32 Å². The normalized spacial score (nSPS) is 10.9. The number of carbonyl (C=O) groups is 1. The predicted octanol–water partition coefficient (Wildman–Crippen LogP) is 4.81. The molecular weight excluding hydrogens is 330 g/mol. The first kappa shape index (κ1) is 17.3. The summed E-state index contributed by atoms with van der Waals surface area (Å²) in [5, 5.41) is 3.89. The number of nitrogens with zero attached hydrogens (tertiary/aromatic N) is 2. The van der Waals surface area contributed by atoms with Crippen LogP contribution in [0.1, 0.15) is 51.4 Å². The highest BCUT2D eigenvalue weighted by Crippen LogP contribution is 2.23. The first-order chi connectivity index (χ1) is 12.0. The fourth-order valence-corrected chi connectivity index (χ4v) is 3.53. The Morgan fingerprint density at radius 2 is 2.04 bits per heavy atom. The van der Waals surface area contributed by atoms with Crippen molar-refractivity contribution in [3.8, 4) is 0 Å². The molecule has 0 unspecified atom stereocenters. The molecular formula is C20H21N3OS. The molecule has 2 aromatic heterocycles. The van der Waals surface area contributed by atoms with Crippen molar-refractivity contribution in [2.45, 2.75) is 33.1 Å². The van der Waals surface area contributed by atoms with Crippen molar-refractivity contribution >= 4 is 22.9 Å². The minimum atomic E-state index is -0.108. The smallest absolute Gasteiger partial charge is 0.267 e. The quantitative estimate of drug-likeness (QED) is 0.717. The van der Waals surface area contributed by atoms with Gasteiger partial charge < -0.3 is 5.32 Å². The van der Waals surface area contributed by atoms with Crippen LogP contribution >= 0.6 is 11.3 Å². The van der Waals surface area contributed by atoms with E-state index in [0.717, 1.165) is 22.1 Å². The number of carbonyl (C=O) groups excluding carboxylic acids is 1. The summed E-state index contributed by atoms with van der Waals surface area (Å²) in [7, 11) is 0. The van der Waals surface area contributed by atoms with Gasteiger partial charge in [-0.3, -0.25) is 9.78 Å².